The van der Waals surface area contributed by atoms with Crippen molar-refractivity contribution in [2.24, 2.45) is 5.92 Å². The van der Waals surface area contributed by atoms with Gasteiger partial charge in [-0.2, -0.15) is 0 Å². The summed E-state index contributed by atoms with van der Waals surface area (Å²) in [5, 5.41) is 11.5. The lowest BCUT2D eigenvalue weighted by molar-refractivity contribution is -0.117. The predicted molar refractivity (Wildman–Crippen MR) is 104 cm³/mol. The molecule has 8 heteroatoms. The van der Waals surface area contributed by atoms with Gasteiger partial charge in [0.2, 0.25) is 11.8 Å². The molecule has 4 rings (SSSR count). The number of nitrogens with zero attached hydrogens (tertiary/aromatic N) is 2. The standard InChI is InChI=1S/C20H19N3O4S/c1-11-3-5-14(6-4-11)19-23-22-18(27-19)12(2)26-20(25)15-9-10-16(28-15)21-17(24)13-7-8-13/h3-6,9-10,12-13H,7-8H2,1-2H3,(H,21,24). The molecule has 2 aromatic heterocycles. The summed E-state index contributed by atoms with van der Waals surface area (Å²) in [6, 6.07) is 11.0. The van der Waals surface area contributed by atoms with Gasteiger partial charge in [0.25, 0.3) is 5.89 Å². The Hall–Kier alpha value is -3.00. The van der Waals surface area contributed by atoms with Gasteiger partial charge < -0.3 is 14.5 Å². The van der Waals surface area contributed by atoms with Crippen molar-refractivity contribution in [2.75, 3.05) is 5.32 Å². The first-order valence-corrected chi connectivity index (χ1v) is 9.83. The van der Waals surface area contributed by atoms with E-state index in [-0.39, 0.29) is 17.7 Å². The molecule has 1 saturated carbocycles. The molecule has 28 heavy (non-hydrogen) atoms. The summed E-state index contributed by atoms with van der Waals surface area (Å²) < 4.78 is 11.1. The summed E-state index contributed by atoms with van der Waals surface area (Å²) in [6.07, 6.45) is 1.17. The minimum absolute atomic E-state index is 0.00429. The fourth-order valence-electron chi connectivity index (χ4n) is 2.56. The molecule has 1 unspecified atom stereocenters. The Balaban J connectivity index is 1.38. The van der Waals surface area contributed by atoms with Crippen molar-refractivity contribution in [1.82, 2.24) is 10.2 Å². The summed E-state index contributed by atoms with van der Waals surface area (Å²) in [4.78, 5) is 24.6. The third-order valence-corrected chi connectivity index (χ3v) is 5.35. The molecule has 1 N–H and O–H groups in total. The molecule has 1 amide bonds. The smallest absolute Gasteiger partial charge is 0.349 e. The van der Waals surface area contributed by atoms with Crippen LogP contribution in [-0.2, 0) is 9.53 Å². The van der Waals surface area contributed by atoms with E-state index in [0.717, 1.165) is 24.0 Å². The van der Waals surface area contributed by atoms with Crippen LogP contribution in [-0.4, -0.2) is 22.1 Å². The van der Waals surface area contributed by atoms with Gasteiger partial charge in [0.15, 0.2) is 6.10 Å². The van der Waals surface area contributed by atoms with Crippen molar-refractivity contribution in [2.45, 2.75) is 32.8 Å². The number of hydrogen-bond acceptors (Lipinski definition) is 7. The molecule has 144 valence electrons. The van der Waals surface area contributed by atoms with Crippen LogP contribution in [0.4, 0.5) is 5.00 Å². The van der Waals surface area contributed by atoms with Crippen LogP contribution >= 0.6 is 11.3 Å². The second-order valence-electron chi connectivity index (χ2n) is 6.79. The third kappa shape index (κ3) is 4.12. The molecule has 0 radical (unpaired) electrons. The van der Waals surface area contributed by atoms with Gasteiger partial charge in [0.1, 0.15) is 4.88 Å². The van der Waals surface area contributed by atoms with Crippen LogP contribution in [0.5, 0.6) is 0 Å². The van der Waals surface area contributed by atoms with Gasteiger partial charge in [-0.15, -0.1) is 21.5 Å². The van der Waals surface area contributed by atoms with E-state index in [2.05, 4.69) is 15.5 Å². The fourth-order valence-corrected chi connectivity index (χ4v) is 3.36. The van der Waals surface area contributed by atoms with Gasteiger partial charge in [0.05, 0.1) is 5.00 Å². The molecule has 0 saturated heterocycles. The Morgan fingerprint density at radius 1 is 1.18 bits per heavy atom. The maximum absolute atomic E-state index is 12.4. The molecule has 0 aliphatic heterocycles. The molecule has 2 heterocycles. The Morgan fingerprint density at radius 3 is 2.64 bits per heavy atom. The number of aryl methyl sites for hydroxylation is 1. The minimum Gasteiger partial charge on any atom is -0.448 e. The summed E-state index contributed by atoms with van der Waals surface area (Å²) >= 11 is 1.18. The van der Waals surface area contributed by atoms with Crippen LogP contribution in [0.15, 0.2) is 40.8 Å². The molecule has 1 atom stereocenters. The number of thiophene rings is 1. The summed E-state index contributed by atoms with van der Waals surface area (Å²) in [5.41, 5.74) is 1.94. The van der Waals surface area contributed by atoms with Crippen molar-refractivity contribution in [1.29, 1.82) is 0 Å². The van der Waals surface area contributed by atoms with E-state index in [0.29, 0.717) is 15.8 Å². The second kappa shape index (κ2) is 7.55. The summed E-state index contributed by atoms with van der Waals surface area (Å²) in [6.45, 7) is 3.67. The van der Waals surface area contributed by atoms with Gasteiger partial charge in [-0.25, -0.2) is 4.79 Å². The number of carbonyl (C=O) groups excluding carboxylic acids is 2. The quantitative estimate of drug-likeness (QED) is 0.621. The summed E-state index contributed by atoms with van der Waals surface area (Å²) in [7, 11) is 0. The zero-order valence-electron chi connectivity index (χ0n) is 15.5. The number of esters is 1. The predicted octanol–water partition coefficient (Wildman–Crippen LogP) is 4.37. The van der Waals surface area contributed by atoms with Crippen LogP contribution in [0.3, 0.4) is 0 Å². The lowest BCUT2D eigenvalue weighted by atomic mass is 10.1. The van der Waals surface area contributed by atoms with E-state index in [1.807, 2.05) is 31.2 Å². The first-order chi connectivity index (χ1) is 13.5. The topological polar surface area (TPSA) is 94.3 Å². The van der Waals surface area contributed by atoms with Gasteiger partial charge in [0, 0.05) is 11.5 Å². The number of nitrogens with one attached hydrogen (secondary N) is 1. The van der Waals surface area contributed by atoms with Crippen LogP contribution in [0.1, 0.15) is 47.0 Å². The van der Waals surface area contributed by atoms with Crippen LogP contribution in [0.25, 0.3) is 11.5 Å². The van der Waals surface area contributed by atoms with E-state index in [4.69, 9.17) is 9.15 Å². The highest BCUT2D eigenvalue weighted by atomic mass is 32.1. The zero-order valence-corrected chi connectivity index (χ0v) is 16.3. The molecule has 3 aromatic rings. The number of amides is 1. The molecular formula is C20H19N3O4S. The third-order valence-electron chi connectivity index (χ3n) is 4.37. The van der Waals surface area contributed by atoms with Gasteiger partial charge in [-0.05, 0) is 51.0 Å². The van der Waals surface area contributed by atoms with Crippen molar-refractivity contribution < 1.29 is 18.7 Å². The average Bonchev–Trinajstić information content (AvgIpc) is 3.23. The van der Waals surface area contributed by atoms with E-state index in [1.165, 1.54) is 11.3 Å². The van der Waals surface area contributed by atoms with Gasteiger partial charge >= 0.3 is 5.97 Å². The van der Waals surface area contributed by atoms with Crippen molar-refractivity contribution in [3.05, 3.63) is 52.7 Å². The second-order valence-corrected chi connectivity index (χ2v) is 7.87. The molecule has 0 bridgehead atoms. The molecular weight excluding hydrogens is 378 g/mol. The molecule has 0 spiro atoms. The number of benzene rings is 1. The maximum atomic E-state index is 12.4. The van der Waals surface area contributed by atoms with Gasteiger partial charge in [-0.3, -0.25) is 4.79 Å². The maximum Gasteiger partial charge on any atom is 0.349 e. The number of carbonyl (C=O) groups is 2. The van der Waals surface area contributed by atoms with E-state index in [1.54, 1.807) is 19.1 Å². The SMILES string of the molecule is Cc1ccc(-c2nnc(C(C)OC(=O)c3ccc(NC(=O)C4CC4)s3)o2)cc1. The number of hydrogen-bond donors (Lipinski definition) is 1. The van der Waals surface area contributed by atoms with Crippen LogP contribution in [0, 0.1) is 12.8 Å². The van der Waals surface area contributed by atoms with Crippen LogP contribution < -0.4 is 5.32 Å². The highest BCUT2D eigenvalue weighted by molar-refractivity contribution is 7.18. The molecule has 1 fully saturated rings. The lowest BCUT2D eigenvalue weighted by Gasteiger charge is -2.08. The lowest BCUT2D eigenvalue weighted by Crippen LogP contribution is -2.12. The Labute approximate surface area is 165 Å². The highest BCUT2D eigenvalue weighted by Crippen LogP contribution is 2.32. The van der Waals surface area contributed by atoms with E-state index >= 15 is 0 Å². The first kappa shape index (κ1) is 18.4. The zero-order chi connectivity index (χ0) is 19.7. The van der Waals surface area contributed by atoms with Crippen molar-refractivity contribution in [3.63, 3.8) is 0 Å². The Kier molecular flexibility index (Phi) is 4.95. The van der Waals surface area contributed by atoms with E-state index < -0.39 is 12.1 Å². The molecule has 1 aromatic carbocycles. The molecule has 1 aliphatic carbocycles. The number of aromatic nitrogens is 2. The highest BCUT2D eigenvalue weighted by Gasteiger charge is 2.30. The van der Waals surface area contributed by atoms with Crippen molar-refractivity contribution in [3.8, 4) is 11.5 Å². The number of rotatable bonds is 6. The van der Waals surface area contributed by atoms with E-state index in [9.17, 15) is 9.59 Å². The minimum atomic E-state index is -0.689. The summed E-state index contributed by atoms with van der Waals surface area (Å²) in [5.74, 6) is 0.212. The average molecular weight is 397 g/mol. The fraction of sp³-hybridized carbons (Fsp3) is 0.300. The van der Waals surface area contributed by atoms with Gasteiger partial charge in [-0.1, -0.05) is 17.7 Å². The van der Waals surface area contributed by atoms with Crippen molar-refractivity contribution >= 4 is 28.2 Å². The molecule has 7 nitrogen and oxygen atoms in total. The Morgan fingerprint density at radius 2 is 1.93 bits per heavy atom. The molecule has 1 aliphatic rings. The normalized spacial score (nSPS) is 14.5. The largest absolute Gasteiger partial charge is 0.448 e. The number of ether oxygens (including phenoxy) is 1. The number of anilines is 1. The van der Waals surface area contributed by atoms with Crippen LogP contribution in [0.2, 0.25) is 0 Å². The first-order valence-electron chi connectivity index (χ1n) is 9.02. The monoisotopic (exact) mass is 397 g/mol. The Bertz CT molecular complexity index is 1000.